The highest BCUT2D eigenvalue weighted by Gasteiger charge is 2.31. The molecule has 4 rings (SSSR count). The molecule has 8 heteroatoms. The van der Waals surface area contributed by atoms with Gasteiger partial charge in [-0.05, 0) is 37.3 Å². The summed E-state index contributed by atoms with van der Waals surface area (Å²) in [7, 11) is 0. The van der Waals surface area contributed by atoms with Crippen molar-refractivity contribution < 1.29 is 14.3 Å². The van der Waals surface area contributed by atoms with Crippen molar-refractivity contribution in [2.75, 3.05) is 13.1 Å². The summed E-state index contributed by atoms with van der Waals surface area (Å²) in [5.74, 6) is -0.240. The van der Waals surface area contributed by atoms with Gasteiger partial charge in [0, 0.05) is 18.5 Å². The first kappa shape index (κ1) is 20.2. The lowest BCUT2D eigenvalue weighted by molar-refractivity contribution is 0.0733. The lowest BCUT2D eigenvalue weighted by Crippen LogP contribution is -2.31. The lowest BCUT2D eigenvalue weighted by atomic mass is 10.1. The summed E-state index contributed by atoms with van der Waals surface area (Å²) in [6.45, 7) is 2.74. The fourth-order valence-corrected chi connectivity index (χ4v) is 3.62. The minimum atomic E-state index is -0.842. The number of aryl methyl sites for hydroxylation is 1. The van der Waals surface area contributed by atoms with Crippen LogP contribution in [0.4, 0.5) is 4.79 Å². The van der Waals surface area contributed by atoms with E-state index in [1.807, 2.05) is 43.3 Å². The molecule has 0 saturated carbocycles. The maximum atomic E-state index is 13.1. The minimum absolute atomic E-state index is 0.240. The molecule has 0 bridgehead atoms. The van der Waals surface area contributed by atoms with Gasteiger partial charge in [-0.2, -0.15) is 10.4 Å². The number of hydrogen-bond donors (Lipinski definition) is 1. The van der Waals surface area contributed by atoms with Gasteiger partial charge in [0.1, 0.15) is 6.10 Å². The number of nitriles is 1. The highest BCUT2D eigenvalue weighted by Crippen LogP contribution is 2.26. The van der Waals surface area contributed by atoms with Gasteiger partial charge >= 0.3 is 6.09 Å². The van der Waals surface area contributed by atoms with Crippen LogP contribution in [-0.2, 0) is 4.74 Å². The number of nitrogens with zero attached hydrogens (tertiary/aromatic N) is 4. The summed E-state index contributed by atoms with van der Waals surface area (Å²) in [5.41, 5.74) is 9.44. The second kappa shape index (κ2) is 8.32. The number of ether oxygens (including phenoxy) is 1. The van der Waals surface area contributed by atoms with Crippen molar-refractivity contribution in [1.29, 1.82) is 5.26 Å². The molecular weight excluding hydrogens is 394 g/mol. The van der Waals surface area contributed by atoms with Crippen LogP contribution in [0.2, 0.25) is 0 Å². The fraction of sp³-hybridized carbons (Fsp3) is 0.217. The monoisotopic (exact) mass is 415 g/mol. The summed E-state index contributed by atoms with van der Waals surface area (Å²) in [6.07, 6.45) is -0.708. The number of carbonyl (C=O) groups is 2. The van der Waals surface area contributed by atoms with Gasteiger partial charge in [0.15, 0.2) is 5.69 Å². The molecule has 1 aromatic heterocycles. The molecule has 2 amide bonds. The van der Waals surface area contributed by atoms with E-state index in [0.717, 1.165) is 22.5 Å². The van der Waals surface area contributed by atoms with Crippen molar-refractivity contribution in [3.8, 4) is 23.0 Å². The van der Waals surface area contributed by atoms with Crippen molar-refractivity contribution in [2.24, 2.45) is 5.73 Å². The molecule has 2 N–H and O–H groups in total. The minimum Gasteiger partial charge on any atom is -0.444 e. The van der Waals surface area contributed by atoms with Crippen LogP contribution in [0.3, 0.4) is 0 Å². The van der Waals surface area contributed by atoms with Crippen LogP contribution >= 0.6 is 0 Å². The Balaban J connectivity index is 1.69. The molecule has 8 nitrogen and oxygen atoms in total. The summed E-state index contributed by atoms with van der Waals surface area (Å²) in [5, 5.41) is 13.7. The lowest BCUT2D eigenvalue weighted by Gasteiger charge is -2.14. The molecule has 0 unspecified atom stereocenters. The molecule has 31 heavy (non-hydrogen) atoms. The van der Waals surface area contributed by atoms with E-state index in [4.69, 9.17) is 15.7 Å². The third kappa shape index (κ3) is 4.26. The van der Waals surface area contributed by atoms with Crippen LogP contribution in [0.25, 0.3) is 16.9 Å². The van der Waals surface area contributed by atoms with E-state index in [1.54, 1.807) is 27.8 Å². The first-order valence-corrected chi connectivity index (χ1v) is 9.87. The zero-order chi connectivity index (χ0) is 22.0. The van der Waals surface area contributed by atoms with Gasteiger partial charge in [-0.15, -0.1) is 0 Å². The standard InChI is InChI=1S/C23H21N5O3/c1-15-2-8-18(9-3-15)28-21(17-6-4-16(13-24)5-7-17)12-20(26-28)22(29)27-11-10-19(14-27)31-23(25)30/h2-9,12,19H,10-11,14H2,1H3,(H2,25,30)/t19-/m0/s1. The molecule has 0 radical (unpaired) electrons. The number of amides is 2. The molecule has 1 fully saturated rings. The summed E-state index contributed by atoms with van der Waals surface area (Å²) < 4.78 is 6.74. The Morgan fingerprint density at radius 1 is 1.16 bits per heavy atom. The number of carbonyl (C=O) groups excluding carboxylic acids is 2. The van der Waals surface area contributed by atoms with Gasteiger partial charge in [0.25, 0.3) is 5.91 Å². The largest absolute Gasteiger partial charge is 0.444 e. The first-order chi connectivity index (χ1) is 14.9. The second-order valence-corrected chi connectivity index (χ2v) is 7.45. The van der Waals surface area contributed by atoms with Gasteiger partial charge in [-0.1, -0.05) is 29.8 Å². The van der Waals surface area contributed by atoms with Crippen LogP contribution in [0.1, 0.15) is 28.0 Å². The van der Waals surface area contributed by atoms with E-state index < -0.39 is 12.2 Å². The van der Waals surface area contributed by atoms with Gasteiger partial charge in [0.05, 0.1) is 29.6 Å². The predicted octanol–water partition coefficient (Wildman–Crippen LogP) is 3.03. The Morgan fingerprint density at radius 2 is 1.87 bits per heavy atom. The van der Waals surface area contributed by atoms with E-state index >= 15 is 0 Å². The second-order valence-electron chi connectivity index (χ2n) is 7.45. The van der Waals surface area contributed by atoms with Crippen LogP contribution in [0.5, 0.6) is 0 Å². The Morgan fingerprint density at radius 3 is 2.52 bits per heavy atom. The Labute approximate surface area is 179 Å². The number of benzene rings is 2. The smallest absolute Gasteiger partial charge is 0.404 e. The van der Waals surface area contributed by atoms with E-state index in [2.05, 4.69) is 11.2 Å². The normalized spacial score (nSPS) is 15.5. The zero-order valence-electron chi connectivity index (χ0n) is 17.0. The maximum Gasteiger partial charge on any atom is 0.404 e. The third-order valence-corrected chi connectivity index (χ3v) is 5.23. The predicted molar refractivity (Wildman–Crippen MR) is 113 cm³/mol. The Bertz CT molecular complexity index is 1160. The van der Waals surface area contributed by atoms with Crippen molar-refractivity contribution in [2.45, 2.75) is 19.4 Å². The van der Waals surface area contributed by atoms with E-state index in [0.29, 0.717) is 24.2 Å². The van der Waals surface area contributed by atoms with Gasteiger partial charge in [0.2, 0.25) is 0 Å². The number of hydrogen-bond acceptors (Lipinski definition) is 5. The molecule has 1 aliphatic rings. The number of likely N-dealkylation sites (tertiary alicyclic amines) is 1. The van der Waals surface area contributed by atoms with E-state index in [1.165, 1.54) is 0 Å². The Hall–Kier alpha value is -4.12. The fourth-order valence-electron chi connectivity index (χ4n) is 3.62. The summed E-state index contributed by atoms with van der Waals surface area (Å²) >= 11 is 0. The molecule has 2 aromatic carbocycles. The topological polar surface area (TPSA) is 114 Å². The summed E-state index contributed by atoms with van der Waals surface area (Å²) in [6, 6.07) is 18.8. The average molecular weight is 415 g/mol. The number of nitrogens with two attached hydrogens (primary N) is 1. The van der Waals surface area contributed by atoms with E-state index in [-0.39, 0.29) is 12.5 Å². The van der Waals surface area contributed by atoms with E-state index in [9.17, 15) is 9.59 Å². The van der Waals surface area contributed by atoms with Crippen LogP contribution in [-0.4, -0.2) is 45.9 Å². The number of rotatable bonds is 4. The molecule has 0 aliphatic carbocycles. The molecule has 1 saturated heterocycles. The van der Waals surface area contributed by atoms with Crippen molar-refractivity contribution >= 4 is 12.0 Å². The van der Waals surface area contributed by atoms with Crippen LogP contribution in [0.15, 0.2) is 54.6 Å². The molecule has 1 aliphatic heterocycles. The average Bonchev–Trinajstić information content (AvgIpc) is 3.41. The van der Waals surface area contributed by atoms with Crippen molar-refractivity contribution in [1.82, 2.24) is 14.7 Å². The number of primary amides is 1. The molecule has 2 heterocycles. The molecular formula is C23H21N5O3. The molecule has 0 spiro atoms. The zero-order valence-corrected chi connectivity index (χ0v) is 17.0. The van der Waals surface area contributed by atoms with Crippen molar-refractivity contribution in [3.63, 3.8) is 0 Å². The summed E-state index contributed by atoms with van der Waals surface area (Å²) in [4.78, 5) is 25.7. The molecule has 1 atom stereocenters. The number of aromatic nitrogens is 2. The quantitative estimate of drug-likeness (QED) is 0.703. The highest BCUT2D eigenvalue weighted by atomic mass is 16.6. The van der Waals surface area contributed by atoms with Gasteiger partial charge in [-0.3, -0.25) is 4.79 Å². The Kier molecular flexibility index (Phi) is 5.41. The third-order valence-electron chi connectivity index (χ3n) is 5.23. The van der Waals surface area contributed by atoms with Crippen molar-refractivity contribution in [3.05, 3.63) is 71.4 Å². The van der Waals surface area contributed by atoms with Gasteiger partial charge in [-0.25, -0.2) is 9.48 Å². The SMILES string of the molecule is Cc1ccc(-n2nc(C(=O)N3CC[C@H](OC(N)=O)C3)cc2-c2ccc(C#N)cc2)cc1. The molecule has 3 aromatic rings. The van der Waals surface area contributed by atoms with Gasteiger partial charge < -0.3 is 15.4 Å². The van der Waals surface area contributed by atoms with Crippen LogP contribution in [0, 0.1) is 18.3 Å². The first-order valence-electron chi connectivity index (χ1n) is 9.87. The van der Waals surface area contributed by atoms with Crippen LogP contribution < -0.4 is 5.73 Å². The maximum absolute atomic E-state index is 13.1. The highest BCUT2D eigenvalue weighted by molar-refractivity contribution is 5.94. The molecule has 156 valence electrons.